The largest absolute Gasteiger partial charge is 0.493 e. The van der Waals surface area contributed by atoms with Gasteiger partial charge >= 0.3 is 13.3 Å². The number of carbonyl (C=O) groups is 1. The van der Waals surface area contributed by atoms with Gasteiger partial charge in [0, 0.05) is 19.4 Å². The van der Waals surface area contributed by atoms with Crippen molar-refractivity contribution >= 4 is 13.5 Å². The number of amides is 1. The van der Waals surface area contributed by atoms with Crippen LogP contribution >= 0.6 is 7.60 Å². The number of rotatable bonds is 12. The second kappa shape index (κ2) is 10.1. The maximum Gasteiger partial charge on any atom is 0.399 e. The fraction of sp³-hybridized carbons (Fsp3) is 0.765. The molecule has 2 heterocycles. The molecule has 0 aromatic carbocycles. The van der Waals surface area contributed by atoms with Crippen LogP contribution in [0.25, 0.3) is 0 Å². The van der Waals surface area contributed by atoms with Gasteiger partial charge in [0.05, 0.1) is 37.9 Å². The lowest BCUT2D eigenvalue weighted by molar-refractivity contribution is -0.0425. The maximum absolute atomic E-state index is 14.6. The Kier molecular flexibility index (Phi) is 8.35. The number of alkyl halides is 2. The molecule has 4 N–H and O–H groups in total. The number of aliphatic hydroxyl groups is 1. The molecule has 0 aliphatic carbocycles. The zero-order valence-corrected chi connectivity index (χ0v) is 17.8. The fourth-order valence-electron chi connectivity index (χ4n) is 3.33. The Bertz CT molecular complexity index is 767. The van der Waals surface area contributed by atoms with Crippen molar-refractivity contribution in [2.24, 2.45) is 5.73 Å². The van der Waals surface area contributed by atoms with E-state index in [1.165, 1.54) is 24.7 Å². The molecule has 0 unspecified atom stereocenters. The number of aliphatic hydroxyl groups excluding tert-OH is 1. The van der Waals surface area contributed by atoms with Gasteiger partial charge in [-0.25, -0.2) is 4.98 Å². The Morgan fingerprint density at radius 1 is 1.43 bits per heavy atom. The van der Waals surface area contributed by atoms with E-state index in [2.05, 4.69) is 4.98 Å². The Morgan fingerprint density at radius 2 is 2.07 bits per heavy atom. The van der Waals surface area contributed by atoms with Gasteiger partial charge in [0.2, 0.25) is 5.88 Å². The second-order valence-corrected chi connectivity index (χ2v) is 9.08. The number of aromatic hydroxyl groups is 1. The number of aromatic nitrogens is 2. The lowest BCUT2D eigenvalue weighted by Crippen LogP contribution is -2.27. The lowest BCUT2D eigenvalue weighted by atomic mass is 10.1. The topological polar surface area (TPSA) is 146 Å². The molecule has 3 atom stereocenters. The summed E-state index contributed by atoms with van der Waals surface area (Å²) in [7, 11) is -4.66. The highest BCUT2D eigenvalue weighted by atomic mass is 31.2. The van der Waals surface area contributed by atoms with E-state index in [0.29, 0.717) is 12.8 Å². The normalized spacial score (nSPS) is 22.5. The third kappa shape index (κ3) is 5.55. The van der Waals surface area contributed by atoms with E-state index >= 15 is 0 Å². The molecule has 1 aliphatic rings. The van der Waals surface area contributed by atoms with Crippen LogP contribution in [0.15, 0.2) is 6.33 Å². The third-order valence-electron chi connectivity index (χ3n) is 4.70. The van der Waals surface area contributed by atoms with Crippen LogP contribution in [0.2, 0.25) is 0 Å². The summed E-state index contributed by atoms with van der Waals surface area (Å²) in [4.78, 5) is 14.8. The minimum Gasteiger partial charge on any atom is -0.493 e. The van der Waals surface area contributed by atoms with E-state index in [1.54, 1.807) is 0 Å². The van der Waals surface area contributed by atoms with Gasteiger partial charge in [-0.1, -0.05) is 0 Å². The summed E-state index contributed by atoms with van der Waals surface area (Å²) in [6.07, 6.45) is -1.66. The van der Waals surface area contributed by atoms with Crippen LogP contribution in [-0.4, -0.2) is 62.9 Å². The van der Waals surface area contributed by atoms with Gasteiger partial charge in [0.15, 0.2) is 5.69 Å². The number of hydrogen-bond donors (Lipinski definition) is 3. The van der Waals surface area contributed by atoms with Crippen molar-refractivity contribution in [3.05, 3.63) is 12.0 Å². The zero-order chi connectivity index (χ0) is 22.5. The minimum atomic E-state index is -4.66. The number of ether oxygens (including phenoxy) is 1. The number of carbonyl (C=O) groups excluding carboxylic acids is 1. The monoisotopic (exact) mass is 455 g/mol. The van der Waals surface area contributed by atoms with Crippen molar-refractivity contribution in [3.63, 3.8) is 0 Å². The van der Waals surface area contributed by atoms with Crippen molar-refractivity contribution in [2.45, 2.75) is 70.1 Å². The summed E-state index contributed by atoms with van der Waals surface area (Å²) in [5.74, 6) is -1.23. The molecule has 1 aromatic heterocycles. The summed E-state index contributed by atoms with van der Waals surface area (Å²) in [5.41, 5.74) is 1.08. The number of halogens is 2. The highest BCUT2D eigenvalue weighted by Crippen LogP contribution is 2.64. The molecule has 0 spiro atoms. The van der Waals surface area contributed by atoms with Crippen molar-refractivity contribution in [2.75, 3.05) is 13.2 Å². The van der Waals surface area contributed by atoms with Crippen molar-refractivity contribution in [1.82, 2.24) is 9.55 Å². The summed E-state index contributed by atoms with van der Waals surface area (Å²) in [6, 6.07) is 0. The molecule has 0 bridgehead atoms. The number of imidazole rings is 1. The van der Waals surface area contributed by atoms with E-state index in [4.69, 9.17) is 19.5 Å². The SMILES string of the molecule is CCOP(=O)(OCC)C(F)(F)C[C@@H]1C[C@@H](O)[C@H](CCCn2cnc(C(N)=O)c2O)O1. The Balaban J connectivity index is 1.91. The fourth-order valence-corrected chi connectivity index (χ4v) is 4.89. The van der Waals surface area contributed by atoms with E-state index in [0.717, 1.165) is 0 Å². The van der Waals surface area contributed by atoms with E-state index < -0.39 is 43.9 Å². The predicted molar refractivity (Wildman–Crippen MR) is 101 cm³/mol. The molecule has 2 rings (SSSR count). The lowest BCUT2D eigenvalue weighted by Gasteiger charge is -2.27. The second-order valence-electron chi connectivity index (χ2n) is 6.92. The highest BCUT2D eigenvalue weighted by molar-refractivity contribution is 7.55. The van der Waals surface area contributed by atoms with Crippen LogP contribution in [0, 0.1) is 0 Å². The molecule has 1 amide bonds. The smallest absolute Gasteiger partial charge is 0.399 e. The molecule has 1 aliphatic heterocycles. The number of primary amides is 1. The molecule has 1 fully saturated rings. The first-order chi connectivity index (χ1) is 14.0. The van der Waals surface area contributed by atoms with Gasteiger partial charge in [-0.05, 0) is 26.7 Å². The number of nitrogens with zero attached hydrogens (tertiary/aromatic N) is 2. The van der Waals surface area contributed by atoms with Gasteiger partial charge in [-0.15, -0.1) is 0 Å². The standard InChI is InChI=1S/C17H28F2N3O7P/c1-3-27-30(26,28-4-2)17(18,19)9-11-8-12(23)13(29-11)6-5-7-22-10-21-14(15(20)24)16(22)25/h10-13,23,25H,3-9H2,1-2H3,(H2,20,24)/t11-,12+,13-/m0/s1. The van der Waals surface area contributed by atoms with E-state index in [9.17, 15) is 28.4 Å². The van der Waals surface area contributed by atoms with Crippen molar-refractivity contribution in [1.29, 1.82) is 0 Å². The minimum absolute atomic E-state index is 0.0410. The van der Waals surface area contributed by atoms with Crippen molar-refractivity contribution in [3.8, 4) is 5.88 Å². The van der Waals surface area contributed by atoms with Crippen LogP contribution in [0.5, 0.6) is 5.88 Å². The summed E-state index contributed by atoms with van der Waals surface area (Å²) < 4.78 is 57.9. The molecule has 30 heavy (non-hydrogen) atoms. The first kappa shape index (κ1) is 24.7. The molecule has 1 aromatic rings. The first-order valence-electron chi connectivity index (χ1n) is 9.69. The summed E-state index contributed by atoms with van der Waals surface area (Å²) in [6.45, 7) is 2.75. The Labute approximate surface area is 172 Å². The molecular formula is C17H28F2N3O7P. The van der Waals surface area contributed by atoms with Crippen LogP contribution in [0.1, 0.15) is 50.0 Å². The summed E-state index contributed by atoms with van der Waals surface area (Å²) in [5, 5.41) is 20.0. The van der Waals surface area contributed by atoms with Crippen LogP contribution in [0.3, 0.4) is 0 Å². The molecule has 0 radical (unpaired) electrons. The molecule has 1 saturated heterocycles. The van der Waals surface area contributed by atoms with Crippen LogP contribution < -0.4 is 5.73 Å². The van der Waals surface area contributed by atoms with Gasteiger partial charge in [0.1, 0.15) is 0 Å². The molecule has 172 valence electrons. The van der Waals surface area contributed by atoms with E-state index in [1.807, 2.05) is 0 Å². The van der Waals surface area contributed by atoms with Gasteiger partial charge in [-0.2, -0.15) is 8.78 Å². The van der Waals surface area contributed by atoms with Gasteiger partial charge < -0.3 is 34.3 Å². The quantitative estimate of drug-likeness (QED) is 0.407. The van der Waals surface area contributed by atoms with Gasteiger partial charge in [-0.3, -0.25) is 9.36 Å². The zero-order valence-electron chi connectivity index (χ0n) is 16.9. The average Bonchev–Trinajstić information content (AvgIpc) is 3.17. The molecule has 0 saturated carbocycles. The van der Waals surface area contributed by atoms with Crippen molar-refractivity contribution < 1.29 is 42.1 Å². The molecule has 10 nitrogen and oxygen atoms in total. The van der Waals surface area contributed by atoms with E-state index in [-0.39, 0.29) is 37.8 Å². The Hall–Kier alpha value is -1.59. The first-order valence-corrected chi connectivity index (χ1v) is 11.2. The highest BCUT2D eigenvalue weighted by Gasteiger charge is 2.55. The van der Waals surface area contributed by atoms with Crippen LogP contribution in [0.4, 0.5) is 8.78 Å². The number of nitrogens with two attached hydrogens (primary N) is 1. The Morgan fingerprint density at radius 3 is 2.60 bits per heavy atom. The molecule has 13 heteroatoms. The van der Waals surface area contributed by atoms with Gasteiger partial charge in [0.25, 0.3) is 5.91 Å². The third-order valence-corrected chi connectivity index (χ3v) is 6.88. The maximum atomic E-state index is 14.6. The summed E-state index contributed by atoms with van der Waals surface area (Å²) >= 11 is 0. The number of hydrogen-bond acceptors (Lipinski definition) is 8. The van der Waals surface area contributed by atoms with Crippen LogP contribution in [-0.2, 0) is 24.9 Å². The molecular weight excluding hydrogens is 427 g/mol. The predicted octanol–water partition coefficient (Wildman–Crippen LogP) is 2.24. The average molecular weight is 455 g/mol. The number of aryl methyl sites for hydroxylation is 1.